The summed E-state index contributed by atoms with van der Waals surface area (Å²) in [5, 5.41) is 0. The lowest BCUT2D eigenvalue weighted by atomic mass is 9.63. The van der Waals surface area contributed by atoms with Gasteiger partial charge in [-0.2, -0.15) is 0 Å². The van der Waals surface area contributed by atoms with E-state index in [0.717, 1.165) is 13.0 Å². The maximum absolute atomic E-state index is 2.69. The van der Waals surface area contributed by atoms with E-state index in [0.29, 0.717) is 35.8 Å². The topological polar surface area (TPSA) is 6.48 Å². The zero-order valence-electron chi connectivity index (χ0n) is 26.5. The molecule has 1 aliphatic carbocycles. The highest BCUT2D eigenvalue weighted by atomic mass is 15.1. The van der Waals surface area contributed by atoms with Crippen molar-refractivity contribution >= 4 is 5.57 Å². The predicted molar refractivity (Wildman–Crippen MR) is 174 cm³/mol. The molecule has 0 N–H and O–H groups in total. The van der Waals surface area contributed by atoms with E-state index in [9.17, 15) is 0 Å². The normalized spacial score (nSPS) is 28.9. The summed E-state index contributed by atoms with van der Waals surface area (Å²) >= 11 is 0. The summed E-state index contributed by atoms with van der Waals surface area (Å²) < 4.78 is 0. The molecule has 0 fully saturated rings. The number of rotatable bonds is 0. The van der Waals surface area contributed by atoms with Crippen molar-refractivity contribution in [3.8, 4) is 22.3 Å². The smallest absolute Gasteiger partial charge is 0.0284 e. The van der Waals surface area contributed by atoms with Crippen LogP contribution in [0.15, 0.2) is 60.8 Å². The van der Waals surface area contributed by atoms with Gasteiger partial charge in [0.2, 0.25) is 0 Å². The molecule has 4 bridgehead atoms. The molecular weight excluding hydrogens is 484 g/mol. The molecule has 6 unspecified atom stereocenters. The van der Waals surface area contributed by atoms with E-state index >= 15 is 0 Å². The van der Waals surface area contributed by atoms with Crippen molar-refractivity contribution in [1.29, 1.82) is 0 Å². The standard InChI is InChI=1S/C36H44N2.C2H6/c1-21-19-37(7)26(6)23(3)35-25(5)34-18-33-32(30-16-12-10-14-28(30)22(2)20-38(34)8)17-31(24(4)36(33)35)29-15-11-9-13-27(21)29;1-2/h9-17,19,22-23,25-26,34-35H,18,20H2,1-8H3;1-2H3/b21-19+;. The van der Waals surface area contributed by atoms with Crippen molar-refractivity contribution < 1.29 is 0 Å². The van der Waals surface area contributed by atoms with E-state index in [1.54, 1.807) is 11.1 Å². The Hall–Kier alpha value is -2.84. The van der Waals surface area contributed by atoms with Gasteiger partial charge in [0.1, 0.15) is 0 Å². The van der Waals surface area contributed by atoms with Crippen molar-refractivity contribution in [3.05, 3.63) is 88.6 Å². The second-order valence-electron chi connectivity index (χ2n) is 12.7. The molecule has 2 heterocycles. The molecule has 0 radical (unpaired) electrons. The molecule has 2 heteroatoms. The fourth-order valence-electron chi connectivity index (χ4n) is 8.31. The molecule has 0 saturated heterocycles. The maximum atomic E-state index is 2.69. The van der Waals surface area contributed by atoms with Gasteiger partial charge in [-0.05, 0) is 120 Å². The van der Waals surface area contributed by atoms with Gasteiger partial charge in [0.25, 0.3) is 0 Å². The second kappa shape index (κ2) is 11.2. The molecule has 0 aromatic heterocycles. The molecule has 6 atom stereocenters. The third-order valence-electron chi connectivity index (χ3n) is 10.6. The number of hydrogen-bond donors (Lipinski definition) is 0. The van der Waals surface area contributed by atoms with Gasteiger partial charge >= 0.3 is 0 Å². The molecular formula is C38H50N2. The van der Waals surface area contributed by atoms with Crippen LogP contribution in [0.5, 0.6) is 0 Å². The zero-order chi connectivity index (χ0) is 28.9. The van der Waals surface area contributed by atoms with Gasteiger partial charge in [0.05, 0.1) is 0 Å². The number of nitrogens with zero attached hydrogens (tertiary/aromatic N) is 2. The van der Waals surface area contributed by atoms with Gasteiger partial charge in [-0.25, -0.2) is 0 Å². The summed E-state index contributed by atoms with van der Waals surface area (Å²) in [7, 11) is 4.66. The average Bonchev–Trinajstić information content (AvgIpc) is 3.00. The van der Waals surface area contributed by atoms with Gasteiger partial charge in [-0.15, -0.1) is 0 Å². The molecule has 0 saturated carbocycles. The first kappa shape index (κ1) is 28.7. The molecule has 212 valence electrons. The Morgan fingerprint density at radius 1 is 0.725 bits per heavy atom. The molecule has 0 amide bonds. The first-order valence-corrected chi connectivity index (χ1v) is 15.6. The van der Waals surface area contributed by atoms with E-state index in [-0.39, 0.29) is 0 Å². The van der Waals surface area contributed by atoms with Crippen molar-refractivity contribution in [1.82, 2.24) is 9.80 Å². The van der Waals surface area contributed by atoms with E-state index in [1.807, 2.05) is 13.8 Å². The van der Waals surface area contributed by atoms with Crippen LogP contribution in [0, 0.1) is 18.8 Å². The lowest BCUT2D eigenvalue weighted by molar-refractivity contribution is 0.110. The lowest BCUT2D eigenvalue weighted by Crippen LogP contribution is -2.48. The Balaban J connectivity index is 0.00000158. The highest BCUT2D eigenvalue weighted by Gasteiger charge is 2.44. The number of fused-ring (bicyclic) bond motifs is 6. The minimum Gasteiger partial charge on any atom is -0.377 e. The van der Waals surface area contributed by atoms with E-state index in [4.69, 9.17) is 0 Å². The van der Waals surface area contributed by atoms with Crippen LogP contribution < -0.4 is 0 Å². The summed E-state index contributed by atoms with van der Waals surface area (Å²) in [5.41, 5.74) is 14.6. The SMILES string of the molecule is C/C1=C\N(C)C(C)C(C)C2c3c(C)c(cc4c3CC(C2C)N(C)CC(C)c2ccccc2-4)-c2ccccc21.CC. The monoisotopic (exact) mass is 534 g/mol. The zero-order valence-corrected chi connectivity index (χ0v) is 26.5. The maximum Gasteiger partial charge on any atom is 0.0284 e. The molecule has 40 heavy (non-hydrogen) atoms. The van der Waals surface area contributed by atoms with Crippen LogP contribution in [0.4, 0.5) is 0 Å². The Bertz CT molecular complexity index is 1410. The summed E-state index contributed by atoms with van der Waals surface area (Å²) in [4.78, 5) is 5.18. The van der Waals surface area contributed by atoms with Gasteiger partial charge in [0, 0.05) is 31.9 Å². The van der Waals surface area contributed by atoms with Crippen molar-refractivity contribution in [2.24, 2.45) is 11.8 Å². The summed E-state index contributed by atoms with van der Waals surface area (Å²) in [6, 6.07) is 21.9. The molecule has 3 aromatic rings. The fraction of sp³-hybridized carbons (Fsp3) is 0.474. The Kier molecular flexibility index (Phi) is 8.03. The van der Waals surface area contributed by atoms with Crippen LogP contribution in [-0.4, -0.2) is 42.5 Å². The minimum atomic E-state index is 0.433. The van der Waals surface area contributed by atoms with Gasteiger partial charge in [-0.1, -0.05) is 83.1 Å². The van der Waals surface area contributed by atoms with Gasteiger partial charge in [-0.3, -0.25) is 0 Å². The third kappa shape index (κ3) is 4.53. The molecule has 3 aromatic carbocycles. The number of allylic oxidation sites excluding steroid dienone is 1. The van der Waals surface area contributed by atoms with Crippen LogP contribution in [-0.2, 0) is 6.42 Å². The highest BCUT2D eigenvalue weighted by molar-refractivity contribution is 5.87. The Labute approximate surface area is 244 Å². The van der Waals surface area contributed by atoms with Crippen molar-refractivity contribution in [2.45, 2.75) is 85.7 Å². The minimum absolute atomic E-state index is 0.433. The van der Waals surface area contributed by atoms with Gasteiger partial charge < -0.3 is 9.80 Å². The molecule has 3 aliphatic rings. The predicted octanol–water partition coefficient (Wildman–Crippen LogP) is 9.38. The largest absolute Gasteiger partial charge is 0.377 e. The van der Waals surface area contributed by atoms with Crippen LogP contribution >= 0.6 is 0 Å². The van der Waals surface area contributed by atoms with Crippen molar-refractivity contribution in [2.75, 3.05) is 20.6 Å². The van der Waals surface area contributed by atoms with E-state index < -0.39 is 0 Å². The van der Waals surface area contributed by atoms with Gasteiger partial charge in [0.15, 0.2) is 0 Å². The molecule has 2 aliphatic heterocycles. The number of likely N-dealkylation sites (N-methyl/N-ethyl adjacent to an activating group) is 1. The van der Waals surface area contributed by atoms with E-state index in [1.165, 1.54) is 44.5 Å². The third-order valence-corrected chi connectivity index (χ3v) is 10.6. The Morgan fingerprint density at radius 3 is 2.05 bits per heavy atom. The molecule has 0 spiro atoms. The lowest BCUT2D eigenvalue weighted by Gasteiger charge is -2.48. The summed E-state index contributed by atoms with van der Waals surface area (Å²) in [5.74, 6) is 2.09. The van der Waals surface area contributed by atoms with Crippen molar-refractivity contribution in [3.63, 3.8) is 0 Å². The number of hydrogen-bond acceptors (Lipinski definition) is 2. The Morgan fingerprint density at radius 2 is 1.35 bits per heavy atom. The fourth-order valence-corrected chi connectivity index (χ4v) is 8.31. The first-order valence-electron chi connectivity index (χ1n) is 15.6. The highest BCUT2D eigenvalue weighted by Crippen LogP contribution is 2.52. The second-order valence-corrected chi connectivity index (χ2v) is 12.7. The van der Waals surface area contributed by atoms with E-state index in [2.05, 4.69) is 126 Å². The average molecular weight is 535 g/mol. The van der Waals surface area contributed by atoms with Crippen LogP contribution in [0.1, 0.15) is 88.1 Å². The van der Waals surface area contributed by atoms with Crippen LogP contribution in [0.3, 0.4) is 0 Å². The molecule has 2 nitrogen and oxygen atoms in total. The first-order chi connectivity index (χ1) is 19.2. The summed E-state index contributed by atoms with van der Waals surface area (Å²) in [6.07, 6.45) is 3.53. The molecule has 6 rings (SSSR count). The quantitative estimate of drug-likeness (QED) is 0.283. The van der Waals surface area contributed by atoms with Crippen LogP contribution in [0.2, 0.25) is 0 Å². The number of benzene rings is 3. The van der Waals surface area contributed by atoms with Crippen LogP contribution in [0.25, 0.3) is 27.8 Å². The summed E-state index contributed by atoms with van der Waals surface area (Å²) in [6.45, 7) is 19.7.